The number of carbonyl (C=O) groups is 2. The van der Waals surface area contributed by atoms with E-state index in [1.807, 2.05) is 53.4 Å². The maximum atomic E-state index is 13.0. The van der Waals surface area contributed by atoms with Crippen molar-refractivity contribution < 1.29 is 18.0 Å². The van der Waals surface area contributed by atoms with Gasteiger partial charge in [-0.05, 0) is 55.5 Å². The minimum Gasteiger partial charge on any atom is -0.368 e. The number of benzene rings is 2. The van der Waals surface area contributed by atoms with E-state index < -0.39 is 9.84 Å². The summed E-state index contributed by atoms with van der Waals surface area (Å²) in [7, 11) is -2.97. The number of rotatable bonds is 4. The molecule has 0 bridgehead atoms. The van der Waals surface area contributed by atoms with Gasteiger partial charge in [0, 0.05) is 53.9 Å². The number of amidine groups is 1. The van der Waals surface area contributed by atoms with Crippen molar-refractivity contribution in [2.75, 3.05) is 47.9 Å². The Kier molecular flexibility index (Phi) is 6.11. The minimum atomic E-state index is -2.97. The quantitative estimate of drug-likeness (QED) is 0.647. The Balaban J connectivity index is 1.15. The van der Waals surface area contributed by atoms with E-state index in [2.05, 4.69) is 15.2 Å². The van der Waals surface area contributed by atoms with Crippen LogP contribution in [0.1, 0.15) is 27.6 Å². The van der Waals surface area contributed by atoms with E-state index in [4.69, 9.17) is 0 Å². The molecule has 2 saturated heterocycles. The third-order valence-electron chi connectivity index (χ3n) is 6.41. The summed E-state index contributed by atoms with van der Waals surface area (Å²) in [6.45, 7) is 4.29. The Morgan fingerprint density at radius 2 is 1.59 bits per heavy atom. The van der Waals surface area contributed by atoms with Crippen LogP contribution in [0.2, 0.25) is 0 Å². The zero-order chi connectivity index (χ0) is 23.9. The number of aliphatic imine (C=N–C) groups is 1. The van der Waals surface area contributed by atoms with Crippen LogP contribution in [0.25, 0.3) is 0 Å². The second kappa shape index (κ2) is 9.07. The molecule has 2 aromatic rings. The number of sulfone groups is 1. The number of piperazine rings is 1. The van der Waals surface area contributed by atoms with Gasteiger partial charge in [0.2, 0.25) is 0 Å². The molecule has 0 aromatic heterocycles. The third kappa shape index (κ3) is 4.83. The number of nitrogens with one attached hydrogen (secondary N) is 1. The Labute approximate surface area is 203 Å². The molecular weight excluding hydrogens is 472 g/mol. The molecule has 34 heavy (non-hydrogen) atoms. The zero-order valence-corrected chi connectivity index (χ0v) is 20.4. The second-order valence-electron chi connectivity index (χ2n) is 8.82. The number of Topliss-reactive ketones (excluding diaryl/α,β-unsaturated/α-hetero) is 1. The van der Waals surface area contributed by atoms with E-state index in [9.17, 15) is 18.0 Å². The van der Waals surface area contributed by atoms with Gasteiger partial charge in [-0.2, -0.15) is 0 Å². The van der Waals surface area contributed by atoms with Crippen LogP contribution in [0, 0.1) is 0 Å². The van der Waals surface area contributed by atoms with Crippen molar-refractivity contribution in [2.24, 2.45) is 4.99 Å². The summed E-state index contributed by atoms with van der Waals surface area (Å²) in [4.78, 5) is 33.0. The normalized spacial score (nSPS) is 23.4. The standard InChI is InChI=1S/C24H26N4O4S2/c1-16(29)17-4-8-20(9-5-17)27-10-12-28(13-11-27)23(30)18-2-6-19(7-3-18)25-24-26-21-14-34(31,32)15-22(21)33-24/h2-9,21-22H,10-15H2,1H3,(H,25,26)/t21-,22-/m0/s1. The fourth-order valence-corrected chi connectivity index (χ4v) is 8.17. The molecule has 0 spiro atoms. The summed E-state index contributed by atoms with van der Waals surface area (Å²) in [5.41, 5.74) is 3.21. The molecule has 2 fully saturated rings. The topological polar surface area (TPSA) is 99.2 Å². The summed E-state index contributed by atoms with van der Waals surface area (Å²) in [5.74, 6) is 0.364. The predicted molar refractivity (Wildman–Crippen MR) is 136 cm³/mol. The number of ketones is 1. The number of fused-ring (bicyclic) bond motifs is 1. The molecule has 0 aliphatic carbocycles. The molecule has 5 rings (SSSR count). The number of nitrogens with zero attached hydrogens (tertiary/aromatic N) is 3. The van der Waals surface area contributed by atoms with E-state index in [0.717, 1.165) is 29.6 Å². The van der Waals surface area contributed by atoms with E-state index in [0.29, 0.717) is 24.2 Å². The molecule has 1 N–H and O–H groups in total. The zero-order valence-electron chi connectivity index (χ0n) is 18.8. The number of hydrogen-bond donors (Lipinski definition) is 1. The fraction of sp³-hybridized carbons (Fsp3) is 0.375. The molecule has 10 heteroatoms. The SMILES string of the molecule is CC(=O)c1ccc(N2CCN(C(=O)c3ccc(NC4=N[C@H]5CS(=O)(=O)C[C@@H]5S4)cc3)CC2)cc1. The highest BCUT2D eigenvalue weighted by Crippen LogP contribution is 2.34. The van der Waals surface area contributed by atoms with Gasteiger partial charge in [-0.25, -0.2) is 8.42 Å². The number of carbonyl (C=O) groups excluding carboxylic acids is 2. The van der Waals surface area contributed by atoms with Crippen LogP contribution >= 0.6 is 11.8 Å². The average molecular weight is 499 g/mol. The van der Waals surface area contributed by atoms with Gasteiger partial charge in [-0.15, -0.1) is 0 Å². The van der Waals surface area contributed by atoms with Crippen molar-refractivity contribution in [3.8, 4) is 0 Å². The van der Waals surface area contributed by atoms with Crippen LogP contribution in [0.4, 0.5) is 11.4 Å². The molecule has 178 valence electrons. The summed E-state index contributed by atoms with van der Waals surface area (Å²) >= 11 is 1.48. The van der Waals surface area contributed by atoms with Crippen LogP contribution in [0.5, 0.6) is 0 Å². The van der Waals surface area contributed by atoms with Crippen LogP contribution in [-0.2, 0) is 9.84 Å². The number of anilines is 2. The van der Waals surface area contributed by atoms with Crippen LogP contribution in [-0.4, -0.2) is 79.2 Å². The summed E-state index contributed by atoms with van der Waals surface area (Å²) in [5, 5.41) is 3.97. The first kappa shape index (κ1) is 22.9. The van der Waals surface area contributed by atoms with Crippen molar-refractivity contribution in [1.82, 2.24) is 4.90 Å². The molecule has 1 amide bonds. The second-order valence-corrected chi connectivity index (χ2v) is 12.2. The van der Waals surface area contributed by atoms with Crippen LogP contribution in [0.15, 0.2) is 53.5 Å². The van der Waals surface area contributed by atoms with Crippen LogP contribution in [0.3, 0.4) is 0 Å². The molecule has 0 radical (unpaired) electrons. The van der Waals surface area contributed by atoms with Crippen molar-refractivity contribution in [1.29, 1.82) is 0 Å². The summed E-state index contributed by atoms with van der Waals surface area (Å²) < 4.78 is 23.4. The fourth-order valence-electron chi connectivity index (χ4n) is 4.49. The Bertz CT molecular complexity index is 1230. The highest BCUT2D eigenvalue weighted by atomic mass is 32.2. The lowest BCUT2D eigenvalue weighted by molar-refractivity contribution is 0.0746. The van der Waals surface area contributed by atoms with E-state index in [1.165, 1.54) is 11.8 Å². The Hall–Kier alpha value is -2.85. The molecule has 3 aliphatic rings. The summed E-state index contributed by atoms with van der Waals surface area (Å²) in [6.07, 6.45) is 0. The number of thioether (sulfide) groups is 1. The maximum absolute atomic E-state index is 13.0. The Morgan fingerprint density at radius 1 is 0.941 bits per heavy atom. The van der Waals surface area contributed by atoms with Gasteiger partial charge >= 0.3 is 0 Å². The molecule has 3 heterocycles. The third-order valence-corrected chi connectivity index (χ3v) is 9.55. The number of amides is 1. The highest BCUT2D eigenvalue weighted by molar-refractivity contribution is 8.15. The van der Waals surface area contributed by atoms with Gasteiger partial charge in [-0.3, -0.25) is 14.6 Å². The lowest BCUT2D eigenvalue weighted by Gasteiger charge is -2.36. The van der Waals surface area contributed by atoms with Crippen molar-refractivity contribution in [3.05, 3.63) is 59.7 Å². The van der Waals surface area contributed by atoms with Crippen molar-refractivity contribution in [3.63, 3.8) is 0 Å². The molecule has 0 saturated carbocycles. The monoisotopic (exact) mass is 498 g/mol. The van der Waals surface area contributed by atoms with Gasteiger partial charge in [0.05, 0.1) is 17.5 Å². The lowest BCUT2D eigenvalue weighted by Crippen LogP contribution is -2.48. The maximum Gasteiger partial charge on any atom is 0.253 e. The summed E-state index contributed by atoms with van der Waals surface area (Å²) in [6, 6.07) is 14.8. The minimum absolute atomic E-state index is 0.000841. The van der Waals surface area contributed by atoms with E-state index in [1.54, 1.807) is 6.92 Å². The predicted octanol–water partition coefficient (Wildman–Crippen LogP) is 2.53. The van der Waals surface area contributed by atoms with Crippen molar-refractivity contribution >= 4 is 49.8 Å². The molecule has 2 atom stereocenters. The smallest absolute Gasteiger partial charge is 0.253 e. The molecule has 0 unspecified atom stereocenters. The highest BCUT2D eigenvalue weighted by Gasteiger charge is 2.42. The number of hydrogen-bond acceptors (Lipinski definition) is 8. The molecule has 2 aromatic carbocycles. The van der Waals surface area contributed by atoms with Gasteiger partial charge in [0.25, 0.3) is 5.91 Å². The van der Waals surface area contributed by atoms with Crippen molar-refractivity contribution in [2.45, 2.75) is 18.2 Å². The molecular formula is C24H26N4O4S2. The molecule has 3 aliphatic heterocycles. The van der Waals surface area contributed by atoms with Gasteiger partial charge in [0.15, 0.2) is 20.8 Å². The van der Waals surface area contributed by atoms with E-state index in [-0.39, 0.29) is 34.5 Å². The van der Waals surface area contributed by atoms with E-state index >= 15 is 0 Å². The lowest BCUT2D eigenvalue weighted by atomic mass is 10.1. The first-order valence-electron chi connectivity index (χ1n) is 11.2. The largest absolute Gasteiger partial charge is 0.368 e. The van der Waals surface area contributed by atoms with Gasteiger partial charge in [-0.1, -0.05) is 11.8 Å². The average Bonchev–Trinajstić information content (AvgIpc) is 3.31. The molecule has 8 nitrogen and oxygen atoms in total. The first-order chi connectivity index (χ1) is 16.3. The van der Waals surface area contributed by atoms with Crippen LogP contribution < -0.4 is 10.2 Å². The first-order valence-corrected chi connectivity index (χ1v) is 13.9. The Morgan fingerprint density at radius 3 is 2.21 bits per heavy atom. The van der Waals surface area contributed by atoms with Gasteiger partial charge in [0.1, 0.15) is 0 Å². The van der Waals surface area contributed by atoms with Gasteiger partial charge < -0.3 is 15.1 Å².